The molecular weight excluding hydrogens is 425 g/mol. The van der Waals surface area contributed by atoms with Gasteiger partial charge in [0.1, 0.15) is 5.82 Å². The number of carbonyl (C=O) groups excluding carboxylic acids is 1. The molecule has 164 valence electrons. The molecule has 3 heterocycles. The summed E-state index contributed by atoms with van der Waals surface area (Å²) in [6.45, 7) is 2.36. The zero-order valence-corrected chi connectivity index (χ0v) is 18.0. The number of halogens is 1. The number of hydrogen-bond acceptors (Lipinski definition) is 6. The lowest BCUT2D eigenvalue weighted by molar-refractivity contribution is -0.132. The van der Waals surface area contributed by atoms with Crippen LogP contribution >= 0.6 is 11.8 Å². The maximum Gasteiger partial charge on any atom is 0.332 e. The van der Waals surface area contributed by atoms with E-state index in [4.69, 9.17) is 4.74 Å². The zero-order chi connectivity index (χ0) is 22.1. The van der Waals surface area contributed by atoms with Gasteiger partial charge in [0, 0.05) is 27.2 Å². The lowest BCUT2D eigenvalue weighted by Crippen LogP contribution is -2.41. The molecule has 0 spiro atoms. The van der Waals surface area contributed by atoms with Crippen molar-refractivity contribution in [2.75, 3.05) is 32.1 Å². The summed E-state index contributed by atoms with van der Waals surface area (Å²) in [7, 11) is 2.96. The highest BCUT2D eigenvalue weighted by molar-refractivity contribution is 7.99. The topological polar surface area (TPSA) is 91.4 Å². The van der Waals surface area contributed by atoms with Crippen LogP contribution in [0, 0.1) is 5.82 Å². The highest BCUT2D eigenvalue weighted by Gasteiger charge is 2.22. The Morgan fingerprint density at radius 1 is 1.13 bits per heavy atom. The van der Waals surface area contributed by atoms with Gasteiger partial charge in [-0.2, -0.15) is 0 Å². The van der Waals surface area contributed by atoms with E-state index in [1.807, 2.05) is 0 Å². The number of thioether (sulfide) groups is 1. The molecule has 0 unspecified atom stereocenters. The van der Waals surface area contributed by atoms with Crippen molar-refractivity contribution >= 4 is 28.8 Å². The third-order valence-electron chi connectivity index (χ3n) is 5.26. The van der Waals surface area contributed by atoms with Crippen LogP contribution in [-0.2, 0) is 30.2 Å². The number of rotatable bonds is 5. The van der Waals surface area contributed by atoms with Gasteiger partial charge in [-0.05, 0) is 17.7 Å². The van der Waals surface area contributed by atoms with Crippen LogP contribution in [0.25, 0.3) is 11.2 Å². The molecule has 4 rings (SSSR count). The van der Waals surface area contributed by atoms with Crippen LogP contribution < -0.4 is 11.2 Å². The first-order chi connectivity index (χ1) is 14.9. The Kier molecular flexibility index (Phi) is 5.96. The van der Waals surface area contributed by atoms with Gasteiger partial charge in [0.25, 0.3) is 5.56 Å². The van der Waals surface area contributed by atoms with E-state index in [9.17, 15) is 18.8 Å². The number of aryl methyl sites for hydroxylation is 1. The number of benzene rings is 1. The molecule has 31 heavy (non-hydrogen) atoms. The molecule has 2 aromatic heterocycles. The molecule has 9 nitrogen and oxygen atoms in total. The fourth-order valence-electron chi connectivity index (χ4n) is 3.49. The van der Waals surface area contributed by atoms with Gasteiger partial charge in [0.15, 0.2) is 16.3 Å². The van der Waals surface area contributed by atoms with E-state index in [1.54, 1.807) is 28.6 Å². The van der Waals surface area contributed by atoms with E-state index in [1.165, 1.54) is 35.5 Å². The molecule has 1 aliphatic heterocycles. The summed E-state index contributed by atoms with van der Waals surface area (Å²) in [5.74, 6) is -0.264. The van der Waals surface area contributed by atoms with Crippen LogP contribution in [0.2, 0.25) is 0 Å². The van der Waals surface area contributed by atoms with Crippen LogP contribution in [-0.4, -0.2) is 61.5 Å². The van der Waals surface area contributed by atoms with Crippen LogP contribution in [0.5, 0.6) is 0 Å². The molecule has 1 aliphatic rings. The average Bonchev–Trinajstić information content (AvgIpc) is 3.15. The summed E-state index contributed by atoms with van der Waals surface area (Å²) in [6.07, 6.45) is 0. The van der Waals surface area contributed by atoms with Gasteiger partial charge in [-0.15, -0.1) is 0 Å². The molecule has 0 saturated carbocycles. The van der Waals surface area contributed by atoms with Gasteiger partial charge in [-0.3, -0.25) is 18.7 Å². The third-order valence-corrected chi connectivity index (χ3v) is 6.22. The fourth-order valence-corrected chi connectivity index (χ4v) is 4.38. The molecule has 1 fully saturated rings. The first-order valence-corrected chi connectivity index (χ1v) is 10.7. The summed E-state index contributed by atoms with van der Waals surface area (Å²) in [5, 5.41) is 0.444. The van der Waals surface area contributed by atoms with E-state index in [0.29, 0.717) is 31.5 Å². The summed E-state index contributed by atoms with van der Waals surface area (Å²) < 4.78 is 22.6. The van der Waals surface area contributed by atoms with E-state index < -0.39 is 11.2 Å². The molecular formula is C20H22FN5O4S. The quantitative estimate of drug-likeness (QED) is 0.531. The second kappa shape index (κ2) is 8.67. The number of imidazole rings is 1. The van der Waals surface area contributed by atoms with Gasteiger partial charge >= 0.3 is 5.69 Å². The van der Waals surface area contributed by atoms with Crippen molar-refractivity contribution < 1.29 is 13.9 Å². The number of nitrogens with zero attached hydrogens (tertiary/aromatic N) is 5. The maximum atomic E-state index is 13.3. The normalized spacial score (nSPS) is 14.4. The van der Waals surface area contributed by atoms with Gasteiger partial charge in [0.2, 0.25) is 5.91 Å². The maximum absolute atomic E-state index is 13.3. The minimum Gasteiger partial charge on any atom is -0.378 e. The smallest absolute Gasteiger partial charge is 0.332 e. The number of fused-ring (bicyclic) bond motifs is 1. The van der Waals surface area contributed by atoms with Crippen molar-refractivity contribution in [2.45, 2.75) is 11.7 Å². The second-order valence-corrected chi connectivity index (χ2v) is 8.21. The molecule has 0 bridgehead atoms. The molecule has 0 N–H and O–H groups in total. The molecule has 3 aromatic rings. The van der Waals surface area contributed by atoms with E-state index >= 15 is 0 Å². The Balaban J connectivity index is 1.74. The largest absolute Gasteiger partial charge is 0.378 e. The average molecular weight is 447 g/mol. The second-order valence-electron chi connectivity index (χ2n) is 7.27. The Morgan fingerprint density at radius 3 is 2.48 bits per heavy atom. The summed E-state index contributed by atoms with van der Waals surface area (Å²) in [6, 6.07) is 5.94. The Labute approximate surface area is 181 Å². The van der Waals surface area contributed by atoms with Crippen LogP contribution in [0.3, 0.4) is 0 Å². The lowest BCUT2D eigenvalue weighted by Gasteiger charge is -2.26. The summed E-state index contributed by atoms with van der Waals surface area (Å²) >= 11 is 1.21. The molecule has 1 saturated heterocycles. The SMILES string of the molecule is Cn1c(=O)c2c(nc(SCC(=O)N3CCOCC3)n2Cc2ccc(F)cc2)n(C)c1=O. The molecule has 0 atom stereocenters. The number of morpholine rings is 1. The van der Waals surface area contributed by atoms with E-state index in [2.05, 4.69) is 4.98 Å². The number of amides is 1. The monoisotopic (exact) mass is 447 g/mol. The Morgan fingerprint density at radius 2 is 1.81 bits per heavy atom. The molecule has 1 amide bonds. The number of ether oxygens (including phenoxy) is 1. The van der Waals surface area contributed by atoms with Crippen molar-refractivity contribution in [3.63, 3.8) is 0 Å². The Hall–Kier alpha value is -2.92. The van der Waals surface area contributed by atoms with Crippen LogP contribution in [0.15, 0.2) is 39.0 Å². The molecule has 11 heteroatoms. The van der Waals surface area contributed by atoms with Gasteiger partial charge in [0.05, 0.1) is 25.5 Å². The lowest BCUT2D eigenvalue weighted by atomic mass is 10.2. The van der Waals surface area contributed by atoms with Crippen molar-refractivity contribution in [1.82, 2.24) is 23.6 Å². The van der Waals surface area contributed by atoms with Crippen molar-refractivity contribution in [3.05, 3.63) is 56.5 Å². The van der Waals surface area contributed by atoms with Crippen molar-refractivity contribution in [1.29, 1.82) is 0 Å². The summed E-state index contributed by atoms with van der Waals surface area (Å²) in [4.78, 5) is 44.1. The number of hydrogen-bond donors (Lipinski definition) is 0. The number of aromatic nitrogens is 4. The van der Waals surface area contributed by atoms with E-state index in [0.717, 1.165) is 10.1 Å². The Bertz CT molecular complexity index is 1240. The first kappa shape index (κ1) is 21.3. The predicted octanol–water partition coefficient (Wildman–Crippen LogP) is 0.572. The number of carbonyl (C=O) groups is 1. The summed E-state index contributed by atoms with van der Waals surface area (Å²) in [5.41, 5.74) is 0.314. The van der Waals surface area contributed by atoms with Crippen LogP contribution in [0.1, 0.15) is 5.56 Å². The fraction of sp³-hybridized carbons (Fsp3) is 0.400. The van der Waals surface area contributed by atoms with Crippen molar-refractivity contribution in [2.24, 2.45) is 14.1 Å². The molecule has 1 aromatic carbocycles. The van der Waals surface area contributed by atoms with Gasteiger partial charge in [-0.25, -0.2) is 14.2 Å². The predicted molar refractivity (Wildman–Crippen MR) is 114 cm³/mol. The van der Waals surface area contributed by atoms with Gasteiger partial charge < -0.3 is 14.2 Å². The van der Waals surface area contributed by atoms with Crippen LogP contribution in [0.4, 0.5) is 4.39 Å². The first-order valence-electron chi connectivity index (χ1n) is 9.76. The minimum atomic E-state index is -0.482. The molecule has 0 radical (unpaired) electrons. The molecule has 0 aliphatic carbocycles. The third kappa shape index (κ3) is 4.15. The van der Waals surface area contributed by atoms with E-state index in [-0.39, 0.29) is 35.2 Å². The zero-order valence-electron chi connectivity index (χ0n) is 17.2. The van der Waals surface area contributed by atoms with Crippen molar-refractivity contribution in [3.8, 4) is 0 Å². The highest BCUT2D eigenvalue weighted by Crippen LogP contribution is 2.23. The standard InChI is InChI=1S/C20H22FN5O4S/c1-23-17-16(18(28)24(2)20(23)29)26(11-13-3-5-14(21)6-4-13)19(22-17)31-12-15(27)25-7-9-30-10-8-25/h3-6H,7-12H2,1-2H3. The minimum absolute atomic E-state index is 0.0459. The highest BCUT2D eigenvalue weighted by atomic mass is 32.2. The van der Waals surface area contributed by atoms with Gasteiger partial charge in [-0.1, -0.05) is 23.9 Å².